The molecule has 0 aliphatic heterocycles. The number of carbonyl (C=O) groups is 2. The van der Waals surface area contributed by atoms with Crippen LogP contribution in [-0.4, -0.2) is 18.8 Å². The normalized spacial score (nSPS) is 11.9. The molecule has 1 heterocycles. The summed E-state index contributed by atoms with van der Waals surface area (Å²) in [6.45, 7) is 7.85. The van der Waals surface area contributed by atoms with Crippen LogP contribution in [0.25, 0.3) is 0 Å². The second-order valence-corrected chi connectivity index (χ2v) is 7.75. The Balaban J connectivity index is 1.95. The maximum atomic E-state index is 12.3. The van der Waals surface area contributed by atoms with E-state index in [0.29, 0.717) is 0 Å². The van der Waals surface area contributed by atoms with Crippen molar-refractivity contribution < 1.29 is 14.3 Å². The van der Waals surface area contributed by atoms with Crippen LogP contribution < -0.4 is 10.1 Å². The molecule has 4 nitrogen and oxygen atoms in total. The van der Waals surface area contributed by atoms with Gasteiger partial charge in [0.05, 0.1) is 13.2 Å². The maximum Gasteiger partial charge on any atom is 0.220 e. The van der Waals surface area contributed by atoms with Crippen molar-refractivity contribution in [2.45, 2.75) is 46.6 Å². The van der Waals surface area contributed by atoms with Gasteiger partial charge in [-0.05, 0) is 39.8 Å². The Morgan fingerprint density at radius 3 is 2.48 bits per heavy atom. The molecule has 134 valence electrons. The quantitative estimate of drug-likeness (QED) is 0.739. The highest BCUT2D eigenvalue weighted by Crippen LogP contribution is 2.26. The topological polar surface area (TPSA) is 55.4 Å². The largest absolute Gasteiger partial charge is 0.496 e. The average Bonchev–Trinajstić information content (AvgIpc) is 2.91. The zero-order chi connectivity index (χ0) is 18.6. The van der Waals surface area contributed by atoms with E-state index >= 15 is 0 Å². The fourth-order valence-electron chi connectivity index (χ4n) is 2.85. The summed E-state index contributed by atoms with van der Waals surface area (Å²) in [4.78, 5) is 26.7. The predicted octanol–water partition coefficient (Wildman–Crippen LogP) is 4.52. The van der Waals surface area contributed by atoms with Crippen molar-refractivity contribution >= 4 is 23.0 Å². The minimum atomic E-state index is -0.178. The van der Waals surface area contributed by atoms with E-state index in [1.807, 2.05) is 52.0 Å². The zero-order valence-electron chi connectivity index (χ0n) is 15.4. The van der Waals surface area contributed by atoms with E-state index in [0.717, 1.165) is 32.2 Å². The molecule has 25 heavy (non-hydrogen) atoms. The van der Waals surface area contributed by atoms with Crippen molar-refractivity contribution in [3.8, 4) is 5.75 Å². The van der Waals surface area contributed by atoms with Gasteiger partial charge < -0.3 is 10.1 Å². The Kier molecular flexibility index (Phi) is 6.37. The molecular weight excluding hydrogens is 334 g/mol. The molecule has 0 unspecified atom stereocenters. The third-order valence-electron chi connectivity index (χ3n) is 4.15. The summed E-state index contributed by atoms with van der Waals surface area (Å²) < 4.78 is 5.37. The first kappa shape index (κ1) is 19.2. The number of rotatable bonds is 7. The van der Waals surface area contributed by atoms with Gasteiger partial charge in [0.25, 0.3) is 0 Å². The molecule has 0 radical (unpaired) electrons. The number of carbonyl (C=O) groups excluding carboxylic acids is 2. The molecular formula is C20H25NO3S. The maximum absolute atomic E-state index is 12.3. The van der Waals surface area contributed by atoms with E-state index in [4.69, 9.17) is 4.74 Å². The summed E-state index contributed by atoms with van der Waals surface area (Å²) in [5.41, 5.74) is 2.78. The number of hydrogen-bond donors (Lipinski definition) is 1. The van der Waals surface area contributed by atoms with E-state index in [1.165, 1.54) is 0 Å². The summed E-state index contributed by atoms with van der Waals surface area (Å²) in [6, 6.07) is 7.61. The van der Waals surface area contributed by atoms with Gasteiger partial charge >= 0.3 is 0 Å². The molecule has 0 fully saturated rings. The number of ketones is 1. The number of aryl methyl sites for hydroxylation is 3. The lowest BCUT2D eigenvalue weighted by atomic mass is 10.0. The minimum Gasteiger partial charge on any atom is -0.496 e. The summed E-state index contributed by atoms with van der Waals surface area (Å²) in [6.07, 6.45) is 0.409. The van der Waals surface area contributed by atoms with E-state index < -0.39 is 0 Å². The van der Waals surface area contributed by atoms with Gasteiger partial charge in [0.15, 0.2) is 5.78 Å². The van der Waals surface area contributed by atoms with Crippen molar-refractivity contribution in [3.05, 3.63) is 50.7 Å². The summed E-state index contributed by atoms with van der Waals surface area (Å²) in [5.74, 6) is 0.644. The fourth-order valence-corrected chi connectivity index (χ4v) is 3.80. The smallest absolute Gasteiger partial charge is 0.220 e. The Morgan fingerprint density at radius 2 is 1.88 bits per heavy atom. The number of hydrogen-bond acceptors (Lipinski definition) is 4. The van der Waals surface area contributed by atoms with Crippen LogP contribution >= 0.6 is 11.3 Å². The lowest BCUT2D eigenvalue weighted by molar-refractivity contribution is -0.121. The van der Waals surface area contributed by atoms with Gasteiger partial charge in [0.2, 0.25) is 5.91 Å². The summed E-state index contributed by atoms with van der Waals surface area (Å²) >= 11 is 1.61. The number of Topliss-reactive ketones (excluding diaryl/α,β-unsaturated/α-hetero) is 1. The molecule has 0 aliphatic carbocycles. The lowest BCUT2D eigenvalue weighted by Crippen LogP contribution is -2.27. The Labute approximate surface area is 153 Å². The molecule has 5 heteroatoms. The van der Waals surface area contributed by atoms with Gasteiger partial charge in [-0.15, -0.1) is 11.3 Å². The molecule has 2 aromatic rings. The van der Waals surface area contributed by atoms with Crippen LogP contribution in [0.2, 0.25) is 0 Å². The number of nitrogens with one attached hydrogen (secondary N) is 1. The summed E-state index contributed by atoms with van der Waals surface area (Å²) in [5, 5.41) is 2.96. The highest BCUT2D eigenvalue weighted by molar-refractivity contribution is 7.12. The standard InChI is InChI=1S/C20H25NO3S/c1-12-6-8-19(24-5)16(10-12)14(3)21-20(23)9-7-18(22)17-11-13(2)25-15(17)4/h6,8,10-11,14H,7,9H2,1-5H3,(H,21,23)/t14-/m1/s1. The molecule has 0 spiro atoms. The molecule has 1 N–H and O–H groups in total. The van der Waals surface area contributed by atoms with Crippen molar-refractivity contribution in [2.75, 3.05) is 7.11 Å². The van der Waals surface area contributed by atoms with Crippen molar-refractivity contribution in [1.29, 1.82) is 0 Å². The third kappa shape index (κ3) is 4.92. The molecule has 2 rings (SSSR count). The van der Waals surface area contributed by atoms with E-state index in [2.05, 4.69) is 5.32 Å². The first-order chi connectivity index (χ1) is 11.8. The lowest BCUT2D eigenvalue weighted by Gasteiger charge is -2.18. The van der Waals surface area contributed by atoms with Crippen LogP contribution in [0.5, 0.6) is 5.75 Å². The van der Waals surface area contributed by atoms with Gasteiger partial charge in [0.1, 0.15) is 5.75 Å². The number of ether oxygens (including phenoxy) is 1. The van der Waals surface area contributed by atoms with Gasteiger partial charge in [-0.25, -0.2) is 0 Å². The highest BCUT2D eigenvalue weighted by atomic mass is 32.1. The first-order valence-electron chi connectivity index (χ1n) is 8.36. The van der Waals surface area contributed by atoms with Crippen molar-refractivity contribution in [3.63, 3.8) is 0 Å². The van der Waals surface area contributed by atoms with Crippen LogP contribution in [0.3, 0.4) is 0 Å². The van der Waals surface area contributed by atoms with Crippen LogP contribution in [0.1, 0.15) is 57.0 Å². The van der Waals surface area contributed by atoms with Gasteiger partial charge in [-0.1, -0.05) is 17.7 Å². The van der Waals surface area contributed by atoms with Crippen LogP contribution in [-0.2, 0) is 4.79 Å². The van der Waals surface area contributed by atoms with Crippen molar-refractivity contribution in [2.24, 2.45) is 0 Å². The Hall–Kier alpha value is -2.14. The number of thiophene rings is 1. The minimum absolute atomic E-state index is 0.0257. The summed E-state index contributed by atoms with van der Waals surface area (Å²) in [7, 11) is 1.62. The Morgan fingerprint density at radius 1 is 1.16 bits per heavy atom. The second-order valence-electron chi connectivity index (χ2n) is 6.28. The van der Waals surface area contributed by atoms with Gasteiger partial charge in [-0.2, -0.15) is 0 Å². The van der Waals surface area contributed by atoms with Crippen LogP contribution in [0.4, 0.5) is 0 Å². The molecule has 0 saturated carbocycles. The van der Waals surface area contributed by atoms with Crippen LogP contribution in [0.15, 0.2) is 24.3 Å². The van der Waals surface area contributed by atoms with Crippen LogP contribution in [0, 0.1) is 20.8 Å². The monoisotopic (exact) mass is 359 g/mol. The molecule has 1 atom stereocenters. The van der Waals surface area contributed by atoms with Gasteiger partial charge in [-0.3, -0.25) is 9.59 Å². The first-order valence-corrected chi connectivity index (χ1v) is 9.17. The fraction of sp³-hybridized carbons (Fsp3) is 0.400. The molecule has 1 aromatic carbocycles. The SMILES string of the molecule is COc1ccc(C)cc1[C@@H](C)NC(=O)CCC(=O)c1cc(C)sc1C. The van der Waals surface area contributed by atoms with Gasteiger partial charge in [0, 0.05) is 33.7 Å². The highest BCUT2D eigenvalue weighted by Gasteiger charge is 2.17. The predicted molar refractivity (Wildman–Crippen MR) is 102 cm³/mol. The Bertz CT molecular complexity index is 779. The number of benzene rings is 1. The van der Waals surface area contributed by atoms with Crippen molar-refractivity contribution in [1.82, 2.24) is 5.32 Å². The average molecular weight is 359 g/mol. The molecule has 1 aromatic heterocycles. The molecule has 0 saturated heterocycles. The second kappa shape index (κ2) is 8.30. The molecule has 1 amide bonds. The molecule has 0 bridgehead atoms. The zero-order valence-corrected chi connectivity index (χ0v) is 16.3. The number of methoxy groups -OCH3 is 1. The molecule has 0 aliphatic rings. The van der Waals surface area contributed by atoms with E-state index in [-0.39, 0.29) is 30.6 Å². The third-order valence-corrected chi connectivity index (χ3v) is 5.12. The van der Waals surface area contributed by atoms with E-state index in [1.54, 1.807) is 18.4 Å². The number of amides is 1. The van der Waals surface area contributed by atoms with E-state index in [9.17, 15) is 9.59 Å².